The predicted molar refractivity (Wildman–Crippen MR) is 95.8 cm³/mol. The Morgan fingerprint density at radius 2 is 1.86 bits per heavy atom. The van der Waals surface area contributed by atoms with E-state index in [1.165, 1.54) is 5.56 Å². The van der Waals surface area contributed by atoms with Gasteiger partial charge in [-0.15, -0.1) is 0 Å². The predicted octanol–water partition coefficient (Wildman–Crippen LogP) is 4.74. The molecule has 0 saturated carbocycles. The van der Waals surface area contributed by atoms with Gasteiger partial charge >= 0.3 is 0 Å². The summed E-state index contributed by atoms with van der Waals surface area (Å²) >= 11 is 3.55. The zero-order valence-electron chi connectivity index (χ0n) is 12.3. The van der Waals surface area contributed by atoms with E-state index in [-0.39, 0.29) is 0 Å². The fraction of sp³-hybridized carbons (Fsp3) is 0.235. The minimum atomic E-state index is 0.665. The summed E-state index contributed by atoms with van der Waals surface area (Å²) in [5.74, 6) is 3.60. The molecule has 1 aliphatic heterocycles. The second kappa shape index (κ2) is 7.61. The molecule has 1 aliphatic rings. The number of para-hydroxylation sites is 1. The van der Waals surface area contributed by atoms with Crippen molar-refractivity contribution in [3.63, 3.8) is 0 Å². The molecule has 22 heavy (non-hydrogen) atoms. The molecule has 0 saturated heterocycles. The first-order chi connectivity index (χ1) is 10.8. The van der Waals surface area contributed by atoms with Gasteiger partial charge in [0.05, 0.1) is 19.4 Å². The highest BCUT2D eigenvalue weighted by Crippen LogP contribution is 2.34. The molecule has 5 heteroatoms. The van der Waals surface area contributed by atoms with Gasteiger partial charge in [0.2, 0.25) is 0 Å². The number of fused-ring (bicyclic) bond motifs is 1. The Kier molecular flexibility index (Phi) is 5.29. The lowest BCUT2D eigenvalue weighted by atomic mass is 10.2. The van der Waals surface area contributed by atoms with Crippen LogP contribution in [0.3, 0.4) is 0 Å². The Morgan fingerprint density at radius 1 is 1.09 bits per heavy atom. The highest BCUT2D eigenvalue weighted by atomic mass is 32.2. The van der Waals surface area contributed by atoms with Gasteiger partial charge in [0, 0.05) is 11.5 Å². The molecule has 2 aromatic carbocycles. The Morgan fingerprint density at radius 3 is 2.68 bits per heavy atom. The smallest absolute Gasteiger partial charge is 0.131 e. The Balaban J connectivity index is 1.46. The van der Waals surface area contributed by atoms with E-state index in [1.807, 2.05) is 30.3 Å². The minimum absolute atomic E-state index is 0.665. The van der Waals surface area contributed by atoms with Gasteiger partial charge in [-0.1, -0.05) is 41.7 Å². The molecule has 0 radical (unpaired) electrons. The summed E-state index contributed by atoms with van der Waals surface area (Å²) in [6.07, 6.45) is 0. The Labute approximate surface area is 139 Å². The fourth-order valence-electron chi connectivity index (χ4n) is 2.05. The van der Waals surface area contributed by atoms with Crippen molar-refractivity contribution in [2.75, 3.05) is 19.5 Å². The molecule has 0 atom stereocenters. The third-order valence-electron chi connectivity index (χ3n) is 3.19. The van der Waals surface area contributed by atoms with Crippen LogP contribution in [0.4, 0.5) is 5.69 Å². The van der Waals surface area contributed by atoms with E-state index in [1.54, 1.807) is 30.6 Å². The van der Waals surface area contributed by atoms with Gasteiger partial charge in [0.15, 0.2) is 0 Å². The molecule has 2 aromatic rings. The van der Waals surface area contributed by atoms with E-state index >= 15 is 0 Å². The summed E-state index contributed by atoms with van der Waals surface area (Å²) in [5.41, 5.74) is 2.41. The lowest BCUT2D eigenvalue weighted by Gasteiger charge is -2.14. The maximum Gasteiger partial charge on any atom is 0.131 e. The van der Waals surface area contributed by atoms with Crippen molar-refractivity contribution >= 4 is 33.6 Å². The lowest BCUT2D eigenvalue weighted by Crippen LogP contribution is -2.03. The second-order valence-corrected chi connectivity index (χ2v) is 6.97. The fourth-order valence-corrected chi connectivity index (χ4v) is 4.00. The first kappa shape index (κ1) is 15.3. The standard InChI is InChI=1S/C17H17NO2S2/c1-19-14-6-8-15(9-7-14)20-10-11-21-17-18-16-5-3-2-4-13(16)12-22-17/h2-9H,10-12H2,1H3. The average molecular weight is 331 g/mol. The van der Waals surface area contributed by atoms with Crippen molar-refractivity contribution in [2.24, 2.45) is 4.99 Å². The molecule has 0 amide bonds. The summed E-state index contributed by atoms with van der Waals surface area (Å²) in [5, 5.41) is 0. The van der Waals surface area contributed by atoms with Crippen LogP contribution in [0.2, 0.25) is 0 Å². The van der Waals surface area contributed by atoms with Crippen LogP contribution in [-0.2, 0) is 5.75 Å². The quantitative estimate of drug-likeness (QED) is 0.740. The van der Waals surface area contributed by atoms with Crippen molar-refractivity contribution < 1.29 is 9.47 Å². The summed E-state index contributed by atoms with van der Waals surface area (Å²) < 4.78 is 12.0. The Hall–Kier alpha value is -1.59. The van der Waals surface area contributed by atoms with Gasteiger partial charge in [0.25, 0.3) is 0 Å². The zero-order chi connectivity index (χ0) is 15.2. The van der Waals surface area contributed by atoms with E-state index in [0.717, 1.165) is 33.1 Å². The molecule has 3 nitrogen and oxygen atoms in total. The molecular formula is C17H17NO2S2. The molecule has 0 aromatic heterocycles. The van der Waals surface area contributed by atoms with Crippen LogP contribution < -0.4 is 9.47 Å². The summed E-state index contributed by atoms with van der Waals surface area (Å²) in [6.45, 7) is 0.665. The first-order valence-electron chi connectivity index (χ1n) is 7.04. The minimum Gasteiger partial charge on any atom is -0.497 e. The second-order valence-electron chi connectivity index (χ2n) is 4.67. The maximum absolute atomic E-state index is 5.73. The number of ether oxygens (including phenoxy) is 2. The third kappa shape index (κ3) is 3.99. The molecule has 0 N–H and O–H groups in total. The lowest BCUT2D eigenvalue weighted by molar-refractivity contribution is 0.343. The molecule has 3 rings (SSSR count). The van der Waals surface area contributed by atoms with Crippen LogP contribution in [0, 0.1) is 0 Å². The van der Waals surface area contributed by atoms with Crippen LogP contribution in [0.25, 0.3) is 0 Å². The van der Waals surface area contributed by atoms with E-state index in [2.05, 4.69) is 23.2 Å². The monoisotopic (exact) mass is 331 g/mol. The topological polar surface area (TPSA) is 30.8 Å². The zero-order valence-corrected chi connectivity index (χ0v) is 14.0. The Bertz CT molecular complexity index is 656. The van der Waals surface area contributed by atoms with E-state index in [9.17, 15) is 0 Å². The number of aliphatic imine (C=N–C) groups is 1. The molecule has 0 bridgehead atoms. The highest BCUT2D eigenvalue weighted by Gasteiger charge is 2.12. The number of nitrogens with zero attached hydrogens (tertiary/aromatic N) is 1. The largest absolute Gasteiger partial charge is 0.497 e. The van der Waals surface area contributed by atoms with Crippen molar-refractivity contribution in [1.29, 1.82) is 0 Å². The van der Waals surface area contributed by atoms with Gasteiger partial charge in [-0.25, -0.2) is 4.99 Å². The third-order valence-corrected chi connectivity index (χ3v) is 5.40. The summed E-state index contributed by atoms with van der Waals surface area (Å²) in [7, 11) is 1.66. The van der Waals surface area contributed by atoms with Crippen LogP contribution >= 0.6 is 23.5 Å². The van der Waals surface area contributed by atoms with E-state index in [0.29, 0.717) is 6.61 Å². The van der Waals surface area contributed by atoms with Crippen LogP contribution in [0.1, 0.15) is 5.56 Å². The average Bonchev–Trinajstić information content (AvgIpc) is 2.59. The molecule has 0 unspecified atom stereocenters. The SMILES string of the molecule is COc1ccc(OCCSC2=Nc3ccccc3CS2)cc1. The molecule has 0 fully saturated rings. The molecule has 1 heterocycles. The number of methoxy groups -OCH3 is 1. The molecular weight excluding hydrogens is 314 g/mol. The number of thioether (sulfide) groups is 2. The van der Waals surface area contributed by atoms with Crippen molar-refractivity contribution in [2.45, 2.75) is 5.75 Å². The van der Waals surface area contributed by atoms with Crippen molar-refractivity contribution in [3.8, 4) is 11.5 Å². The summed E-state index contributed by atoms with van der Waals surface area (Å²) in [4.78, 5) is 4.68. The van der Waals surface area contributed by atoms with Crippen LogP contribution in [-0.4, -0.2) is 23.8 Å². The van der Waals surface area contributed by atoms with E-state index in [4.69, 9.17) is 9.47 Å². The number of rotatable bonds is 5. The number of hydrogen-bond donors (Lipinski definition) is 0. The number of hydrogen-bond acceptors (Lipinski definition) is 5. The van der Waals surface area contributed by atoms with Gasteiger partial charge in [-0.05, 0) is 35.9 Å². The maximum atomic E-state index is 5.73. The van der Waals surface area contributed by atoms with Crippen molar-refractivity contribution in [1.82, 2.24) is 0 Å². The van der Waals surface area contributed by atoms with Crippen molar-refractivity contribution in [3.05, 3.63) is 54.1 Å². The van der Waals surface area contributed by atoms with E-state index < -0.39 is 0 Å². The summed E-state index contributed by atoms with van der Waals surface area (Å²) in [6, 6.07) is 16.0. The normalized spacial score (nSPS) is 13.2. The van der Waals surface area contributed by atoms with Crippen LogP contribution in [0.15, 0.2) is 53.5 Å². The van der Waals surface area contributed by atoms with Gasteiger partial charge in [0.1, 0.15) is 15.9 Å². The molecule has 114 valence electrons. The van der Waals surface area contributed by atoms with Gasteiger partial charge in [-0.3, -0.25) is 0 Å². The van der Waals surface area contributed by atoms with Gasteiger partial charge in [-0.2, -0.15) is 0 Å². The number of benzene rings is 2. The highest BCUT2D eigenvalue weighted by molar-refractivity contribution is 8.38. The molecule has 0 spiro atoms. The first-order valence-corrected chi connectivity index (χ1v) is 9.01. The molecule has 0 aliphatic carbocycles. The van der Waals surface area contributed by atoms with Gasteiger partial charge < -0.3 is 9.47 Å². The van der Waals surface area contributed by atoms with Crippen LogP contribution in [0.5, 0.6) is 11.5 Å².